The Balaban J connectivity index is 2.27. The van der Waals surface area contributed by atoms with Gasteiger partial charge in [-0.25, -0.2) is 13.1 Å². The minimum absolute atomic E-state index is 0.0479. The van der Waals surface area contributed by atoms with Gasteiger partial charge in [0.05, 0.1) is 10.9 Å². The first-order valence-electron chi connectivity index (χ1n) is 6.01. The molecular formula is C12H13Cl2NO4S. The molecule has 1 aromatic carbocycles. The van der Waals surface area contributed by atoms with Crippen molar-refractivity contribution < 1.29 is 18.3 Å². The van der Waals surface area contributed by atoms with Gasteiger partial charge < -0.3 is 5.11 Å². The quantitative estimate of drug-likeness (QED) is 0.884. The van der Waals surface area contributed by atoms with E-state index in [9.17, 15) is 13.2 Å². The van der Waals surface area contributed by atoms with Crippen molar-refractivity contribution >= 4 is 39.2 Å². The lowest BCUT2D eigenvalue weighted by Crippen LogP contribution is -2.40. The lowest BCUT2D eigenvalue weighted by atomic mass is 10.1. The minimum Gasteiger partial charge on any atom is -0.481 e. The third-order valence-corrected chi connectivity index (χ3v) is 5.53. The molecule has 1 aliphatic carbocycles. The topological polar surface area (TPSA) is 83.5 Å². The van der Waals surface area contributed by atoms with E-state index in [4.69, 9.17) is 28.3 Å². The Hall–Kier alpha value is -0.820. The zero-order chi connectivity index (χ0) is 14.9. The van der Waals surface area contributed by atoms with Gasteiger partial charge >= 0.3 is 5.97 Å². The van der Waals surface area contributed by atoms with Crippen molar-refractivity contribution in [1.82, 2.24) is 4.72 Å². The molecule has 5 nitrogen and oxygen atoms in total. The lowest BCUT2D eigenvalue weighted by molar-refractivity contribution is -0.141. The summed E-state index contributed by atoms with van der Waals surface area (Å²) in [6.07, 6.45) is 1.63. The summed E-state index contributed by atoms with van der Waals surface area (Å²) in [5.41, 5.74) is 0. The number of hydrogen-bond donors (Lipinski definition) is 2. The zero-order valence-electron chi connectivity index (χ0n) is 10.3. The van der Waals surface area contributed by atoms with Crippen molar-refractivity contribution in [2.75, 3.05) is 0 Å². The summed E-state index contributed by atoms with van der Waals surface area (Å²) in [6, 6.07) is 3.50. The van der Waals surface area contributed by atoms with Crippen molar-refractivity contribution in [1.29, 1.82) is 0 Å². The second-order valence-corrected chi connectivity index (χ2v) is 7.20. The SMILES string of the molecule is O=C(O)C1CCCC1NS(=O)(=O)c1cc(Cl)ccc1Cl. The summed E-state index contributed by atoms with van der Waals surface area (Å²) in [5.74, 6) is -1.70. The fourth-order valence-corrected chi connectivity index (χ4v) is 4.42. The zero-order valence-corrected chi connectivity index (χ0v) is 12.7. The number of hydrogen-bond acceptors (Lipinski definition) is 3. The van der Waals surface area contributed by atoms with E-state index < -0.39 is 28.0 Å². The number of benzene rings is 1. The minimum atomic E-state index is -3.89. The van der Waals surface area contributed by atoms with Crippen LogP contribution in [0, 0.1) is 5.92 Å². The summed E-state index contributed by atoms with van der Waals surface area (Å²) < 4.78 is 27.0. The normalized spacial score (nSPS) is 22.9. The van der Waals surface area contributed by atoms with Gasteiger partial charge in [-0.05, 0) is 31.0 Å². The third-order valence-electron chi connectivity index (χ3n) is 3.32. The van der Waals surface area contributed by atoms with E-state index in [1.807, 2.05) is 0 Å². The molecule has 0 amide bonds. The largest absolute Gasteiger partial charge is 0.481 e. The third kappa shape index (κ3) is 3.25. The van der Waals surface area contributed by atoms with Gasteiger partial charge in [0.15, 0.2) is 0 Å². The van der Waals surface area contributed by atoms with Crippen LogP contribution in [0.3, 0.4) is 0 Å². The van der Waals surface area contributed by atoms with Crippen LogP contribution in [0.15, 0.2) is 23.1 Å². The molecule has 1 fully saturated rings. The molecule has 0 radical (unpaired) electrons. The molecule has 0 aliphatic heterocycles. The fourth-order valence-electron chi connectivity index (χ4n) is 2.34. The maximum absolute atomic E-state index is 12.3. The summed E-state index contributed by atoms with van der Waals surface area (Å²) in [5, 5.41) is 9.36. The molecule has 1 saturated carbocycles. The van der Waals surface area contributed by atoms with Crippen LogP contribution < -0.4 is 4.72 Å². The van der Waals surface area contributed by atoms with Crippen molar-refractivity contribution in [3.8, 4) is 0 Å². The van der Waals surface area contributed by atoms with Crippen LogP contribution in [-0.4, -0.2) is 25.5 Å². The smallest absolute Gasteiger partial charge is 0.308 e. The van der Waals surface area contributed by atoms with Crippen LogP contribution in [0.1, 0.15) is 19.3 Å². The Kier molecular flexibility index (Phi) is 4.59. The van der Waals surface area contributed by atoms with E-state index in [-0.39, 0.29) is 14.9 Å². The number of nitrogens with one attached hydrogen (secondary N) is 1. The fraction of sp³-hybridized carbons (Fsp3) is 0.417. The van der Waals surface area contributed by atoms with Crippen LogP contribution >= 0.6 is 23.2 Å². The van der Waals surface area contributed by atoms with Crippen molar-refractivity contribution in [3.05, 3.63) is 28.2 Å². The van der Waals surface area contributed by atoms with E-state index in [1.54, 1.807) is 0 Å². The molecule has 2 rings (SSSR count). The molecule has 20 heavy (non-hydrogen) atoms. The number of rotatable bonds is 4. The number of aliphatic carboxylic acids is 1. The Morgan fingerprint density at radius 1 is 1.30 bits per heavy atom. The average molecular weight is 338 g/mol. The van der Waals surface area contributed by atoms with E-state index >= 15 is 0 Å². The van der Waals surface area contributed by atoms with Crippen molar-refractivity contribution in [2.24, 2.45) is 5.92 Å². The molecular weight excluding hydrogens is 325 g/mol. The molecule has 2 atom stereocenters. The van der Waals surface area contributed by atoms with Crippen LogP contribution in [-0.2, 0) is 14.8 Å². The van der Waals surface area contributed by atoms with Crippen LogP contribution in [0.4, 0.5) is 0 Å². The lowest BCUT2D eigenvalue weighted by Gasteiger charge is -2.18. The highest BCUT2D eigenvalue weighted by atomic mass is 35.5. The first-order chi connectivity index (χ1) is 9.31. The molecule has 2 unspecified atom stereocenters. The summed E-state index contributed by atoms with van der Waals surface area (Å²) >= 11 is 11.6. The van der Waals surface area contributed by atoms with Gasteiger partial charge in [-0.2, -0.15) is 0 Å². The van der Waals surface area contributed by atoms with Crippen LogP contribution in [0.2, 0.25) is 10.0 Å². The summed E-state index contributed by atoms with van der Waals surface area (Å²) in [7, 11) is -3.89. The molecule has 0 bridgehead atoms. The Morgan fingerprint density at radius 3 is 2.65 bits per heavy atom. The highest BCUT2D eigenvalue weighted by Crippen LogP contribution is 2.29. The standard InChI is InChI=1S/C12H13Cl2NO4S/c13-7-4-5-9(14)11(6-7)20(18,19)15-10-3-1-2-8(10)12(16)17/h4-6,8,10,15H,1-3H2,(H,16,17). The molecule has 0 saturated heterocycles. The number of halogens is 2. The Bertz CT molecular complexity index is 632. The van der Waals surface area contributed by atoms with Gasteiger partial charge in [0.25, 0.3) is 0 Å². The monoisotopic (exact) mass is 337 g/mol. The molecule has 1 aliphatic rings. The van der Waals surface area contributed by atoms with Gasteiger partial charge in [-0.3, -0.25) is 4.79 Å². The van der Waals surface area contributed by atoms with Gasteiger partial charge in [-0.15, -0.1) is 0 Å². The Morgan fingerprint density at radius 2 is 2.00 bits per heavy atom. The van der Waals surface area contributed by atoms with Gasteiger partial charge in [-0.1, -0.05) is 29.6 Å². The molecule has 8 heteroatoms. The van der Waals surface area contributed by atoms with Gasteiger partial charge in [0.1, 0.15) is 4.90 Å². The Labute approximate surface area is 126 Å². The number of carbonyl (C=O) groups is 1. The molecule has 0 spiro atoms. The van der Waals surface area contributed by atoms with E-state index in [0.29, 0.717) is 19.3 Å². The van der Waals surface area contributed by atoms with E-state index in [0.717, 1.165) is 0 Å². The highest BCUT2D eigenvalue weighted by Gasteiger charge is 2.36. The maximum Gasteiger partial charge on any atom is 0.308 e. The number of carboxylic acid groups (broad SMARTS) is 1. The van der Waals surface area contributed by atoms with Gasteiger partial charge in [0, 0.05) is 11.1 Å². The molecule has 110 valence electrons. The second kappa shape index (κ2) is 5.89. The molecule has 2 N–H and O–H groups in total. The average Bonchev–Trinajstić information content (AvgIpc) is 2.79. The molecule has 1 aromatic rings. The first-order valence-corrected chi connectivity index (χ1v) is 8.25. The van der Waals surface area contributed by atoms with E-state index in [1.165, 1.54) is 18.2 Å². The first kappa shape index (κ1) is 15.6. The number of sulfonamides is 1. The predicted molar refractivity (Wildman–Crippen MR) is 75.5 cm³/mol. The van der Waals surface area contributed by atoms with Crippen molar-refractivity contribution in [2.45, 2.75) is 30.2 Å². The highest BCUT2D eigenvalue weighted by molar-refractivity contribution is 7.89. The maximum atomic E-state index is 12.3. The van der Waals surface area contributed by atoms with Gasteiger partial charge in [0.2, 0.25) is 10.0 Å². The second-order valence-electron chi connectivity index (χ2n) is 4.68. The van der Waals surface area contributed by atoms with Crippen LogP contribution in [0.25, 0.3) is 0 Å². The molecule has 0 heterocycles. The summed E-state index contributed by atoms with van der Waals surface area (Å²) in [4.78, 5) is 10.9. The molecule has 0 aromatic heterocycles. The van der Waals surface area contributed by atoms with E-state index in [2.05, 4.69) is 4.72 Å². The van der Waals surface area contributed by atoms with Crippen LogP contribution in [0.5, 0.6) is 0 Å². The number of carboxylic acids is 1. The van der Waals surface area contributed by atoms with Crippen molar-refractivity contribution in [3.63, 3.8) is 0 Å². The predicted octanol–water partition coefficient (Wildman–Crippen LogP) is 2.53. The summed E-state index contributed by atoms with van der Waals surface area (Å²) in [6.45, 7) is 0.